The van der Waals surface area contributed by atoms with Crippen LogP contribution in [-0.2, 0) is 4.74 Å². The zero-order valence-electron chi connectivity index (χ0n) is 15.5. The number of nitrogens with zero attached hydrogens (tertiary/aromatic N) is 3. The van der Waals surface area contributed by atoms with E-state index in [1.807, 2.05) is 47.2 Å². The molecule has 0 spiro atoms. The van der Waals surface area contributed by atoms with E-state index in [2.05, 4.69) is 15.2 Å². The predicted molar refractivity (Wildman–Crippen MR) is 110 cm³/mol. The van der Waals surface area contributed by atoms with Crippen molar-refractivity contribution in [1.82, 2.24) is 19.8 Å². The van der Waals surface area contributed by atoms with Gasteiger partial charge in [-0.25, -0.2) is 4.39 Å². The molecule has 1 aliphatic rings. The highest BCUT2D eigenvalue weighted by atomic mass is 32.1. The van der Waals surface area contributed by atoms with Crippen molar-refractivity contribution in [2.24, 2.45) is 0 Å². The Morgan fingerprint density at radius 1 is 1.14 bits per heavy atom. The van der Waals surface area contributed by atoms with Gasteiger partial charge in [0.1, 0.15) is 5.82 Å². The number of aromatic nitrogens is 2. The molecular formula is C21H21FN4OS. The number of halogens is 1. The third kappa shape index (κ3) is 3.39. The van der Waals surface area contributed by atoms with Gasteiger partial charge in [0.05, 0.1) is 30.1 Å². The molecule has 4 rings (SSSR count). The summed E-state index contributed by atoms with van der Waals surface area (Å²) in [6.07, 6.45) is 3.64. The van der Waals surface area contributed by atoms with E-state index in [9.17, 15) is 4.39 Å². The fourth-order valence-corrected chi connectivity index (χ4v) is 3.99. The van der Waals surface area contributed by atoms with Gasteiger partial charge in [-0.2, -0.15) is 0 Å². The molecule has 1 saturated heterocycles. The lowest BCUT2D eigenvalue weighted by Crippen LogP contribution is -2.33. The monoisotopic (exact) mass is 396 g/mol. The molecule has 3 aromatic rings. The van der Waals surface area contributed by atoms with Gasteiger partial charge in [0.15, 0.2) is 5.11 Å². The molecule has 1 aromatic carbocycles. The Kier molecular flexibility index (Phi) is 5.36. The summed E-state index contributed by atoms with van der Waals surface area (Å²) in [5.41, 5.74) is 2.33. The van der Waals surface area contributed by atoms with Crippen molar-refractivity contribution in [3.8, 4) is 5.69 Å². The predicted octanol–water partition coefficient (Wildman–Crippen LogP) is 3.63. The molecule has 0 saturated carbocycles. The topological polar surface area (TPSA) is 42.3 Å². The summed E-state index contributed by atoms with van der Waals surface area (Å²) in [4.78, 5) is 6.61. The molecule has 28 heavy (non-hydrogen) atoms. The fraction of sp³-hybridized carbons (Fsp3) is 0.238. The molecule has 144 valence electrons. The number of para-hydroxylation sites is 1. The lowest BCUT2D eigenvalue weighted by Gasteiger charge is -2.28. The number of rotatable bonds is 6. The van der Waals surface area contributed by atoms with Crippen LogP contribution in [0.5, 0.6) is 0 Å². The summed E-state index contributed by atoms with van der Waals surface area (Å²) in [5.74, 6) is -0.272. The third-order valence-electron chi connectivity index (χ3n) is 4.93. The molecule has 0 bridgehead atoms. The summed E-state index contributed by atoms with van der Waals surface area (Å²) in [5, 5.41) is 4.03. The van der Waals surface area contributed by atoms with Crippen molar-refractivity contribution in [2.45, 2.75) is 12.1 Å². The van der Waals surface area contributed by atoms with Gasteiger partial charge in [0.2, 0.25) is 0 Å². The van der Waals surface area contributed by atoms with Crippen LogP contribution >= 0.6 is 12.2 Å². The minimum Gasteiger partial charge on any atom is -0.383 e. The summed E-state index contributed by atoms with van der Waals surface area (Å²) in [6.45, 7) is 1.16. The largest absolute Gasteiger partial charge is 0.383 e. The normalized spacial score (nSPS) is 19.1. The van der Waals surface area contributed by atoms with Gasteiger partial charge < -0.3 is 19.5 Å². The number of pyridine rings is 1. The first kappa shape index (κ1) is 18.6. The van der Waals surface area contributed by atoms with Crippen molar-refractivity contribution in [3.05, 3.63) is 84.2 Å². The molecule has 0 radical (unpaired) electrons. The van der Waals surface area contributed by atoms with Gasteiger partial charge >= 0.3 is 0 Å². The summed E-state index contributed by atoms with van der Waals surface area (Å²) < 4.78 is 21.7. The van der Waals surface area contributed by atoms with Crippen LogP contribution in [0, 0.1) is 5.82 Å². The Balaban J connectivity index is 1.81. The molecule has 1 aliphatic heterocycles. The smallest absolute Gasteiger partial charge is 0.170 e. The number of hydrogen-bond donors (Lipinski definition) is 1. The van der Waals surface area contributed by atoms with Crippen LogP contribution < -0.4 is 5.32 Å². The quantitative estimate of drug-likeness (QED) is 0.645. The number of nitrogens with one attached hydrogen (secondary N) is 1. The number of hydrogen-bond acceptors (Lipinski definition) is 3. The first-order chi connectivity index (χ1) is 13.7. The fourth-order valence-electron chi connectivity index (χ4n) is 3.66. The Morgan fingerprint density at radius 2 is 1.96 bits per heavy atom. The highest BCUT2D eigenvalue weighted by molar-refractivity contribution is 7.80. The maximum Gasteiger partial charge on any atom is 0.170 e. The Labute approximate surface area is 168 Å². The van der Waals surface area contributed by atoms with Crippen molar-refractivity contribution in [1.29, 1.82) is 0 Å². The van der Waals surface area contributed by atoms with Gasteiger partial charge in [0.25, 0.3) is 0 Å². The van der Waals surface area contributed by atoms with E-state index in [1.165, 1.54) is 6.07 Å². The first-order valence-electron chi connectivity index (χ1n) is 9.10. The Bertz CT molecular complexity index is 962. The first-order valence-corrected chi connectivity index (χ1v) is 9.50. The molecule has 5 nitrogen and oxygen atoms in total. The van der Waals surface area contributed by atoms with Crippen LogP contribution in [0.3, 0.4) is 0 Å². The number of ether oxygens (including phenoxy) is 1. The van der Waals surface area contributed by atoms with Crippen LogP contribution in [0.15, 0.2) is 67.0 Å². The van der Waals surface area contributed by atoms with Crippen molar-refractivity contribution < 1.29 is 9.13 Å². The molecule has 3 heterocycles. The van der Waals surface area contributed by atoms with Gasteiger partial charge in [-0.05, 0) is 48.6 Å². The van der Waals surface area contributed by atoms with E-state index in [0.29, 0.717) is 24.0 Å². The molecule has 0 unspecified atom stereocenters. The SMILES string of the molecule is COCCN1C(=S)N[C@@H](c2ccccn2)[C@@H]1c1cccn1-c1ccccc1F. The molecule has 0 aliphatic carbocycles. The van der Waals surface area contributed by atoms with Crippen LogP contribution in [0.4, 0.5) is 4.39 Å². The van der Waals surface area contributed by atoms with Gasteiger partial charge in [-0.15, -0.1) is 0 Å². The Morgan fingerprint density at radius 3 is 2.71 bits per heavy atom. The minimum absolute atomic E-state index is 0.146. The van der Waals surface area contributed by atoms with Gasteiger partial charge in [-0.3, -0.25) is 4.98 Å². The van der Waals surface area contributed by atoms with Crippen LogP contribution in [-0.4, -0.2) is 39.8 Å². The zero-order valence-corrected chi connectivity index (χ0v) is 16.3. The zero-order chi connectivity index (χ0) is 19.5. The highest BCUT2D eigenvalue weighted by Crippen LogP contribution is 2.39. The highest BCUT2D eigenvalue weighted by Gasteiger charge is 2.41. The minimum atomic E-state index is -0.272. The summed E-state index contributed by atoms with van der Waals surface area (Å²) >= 11 is 5.62. The third-order valence-corrected chi connectivity index (χ3v) is 5.28. The van der Waals surface area contributed by atoms with Gasteiger partial charge in [0, 0.05) is 31.7 Å². The maximum absolute atomic E-state index is 14.5. The number of thiocarbonyl (C=S) groups is 1. The van der Waals surface area contributed by atoms with E-state index >= 15 is 0 Å². The second kappa shape index (κ2) is 8.08. The van der Waals surface area contributed by atoms with E-state index < -0.39 is 0 Å². The van der Waals surface area contributed by atoms with Crippen molar-refractivity contribution in [2.75, 3.05) is 20.3 Å². The summed E-state index contributed by atoms with van der Waals surface area (Å²) in [6, 6.07) is 16.2. The number of methoxy groups -OCH3 is 1. The van der Waals surface area contributed by atoms with Crippen LogP contribution in [0.1, 0.15) is 23.5 Å². The second-order valence-corrected chi connectivity index (χ2v) is 6.95. The Hall–Kier alpha value is -2.77. The van der Waals surface area contributed by atoms with E-state index in [0.717, 1.165) is 11.4 Å². The van der Waals surface area contributed by atoms with E-state index in [4.69, 9.17) is 17.0 Å². The maximum atomic E-state index is 14.5. The molecule has 1 N–H and O–H groups in total. The van der Waals surface area contributed by atoms with Crippen LogP contribution in [0.25, 0.3) is 5.69 Å². The molecule has 2 atom stereocenters. The van der Waals surface area contributed by atoms with Crippen molar-refractivity contribution in [3.63, 3.8) is 0 Å². The average molecular weight is 396 g/mol. The van der Waals surface area contributed by atoms with Gasteiger partial charge in [-0.1, -0.05) is 18.2 Å². The lowest BCUT2D eigenvalue weighted by atomic mass is 10.0. The number of benzene rings is 1. The van der Waals surface area contributed by atoms with E-state index in [-0.39, 0.29) is 17.9 Å². The average Bonchev–Trinajstić information content (AvgIpc) is 3.31. The molecule has 2 aromatic heterocycles. The van der Waals surface area contributed by atoms with E-state index in [1.54, 1.807) is 25.4 Å². The molecular weight excluding hydrogens is 375 g/mol. The summed E-state index contributed by atoms with van der Waals surface area (Å²) in [7, 11) is 1.67. The lowest BCUT2D eigenvalue weighted by molar-refractivity contribution is 0.163. The standard InChI is InChI=1S/C21H21FN4OS/c1-27-14-13-26-20(19(24-21(26)28)16-8-4-5-11-23-16)18-10-6-12-25(18)17-9-3-2-7-15(17)22/h2-12,19-20H,13-14H2,1H3,(H,24,28)/t19-,20-/m0/s1. The molecule has 1 fully saturated rings. The molecule has 7 heteroatoms. The van der Waals surface area contributed by atoms with Crippen molar-refractivity contribution >= 4 is 17.3 Å². The van der Waals surface area contributed by atoms with Crippen LogP contribution in [0.2, 0.25) is 0 Å². The molecule has 0 amide bonds. The second-order valence-electron chi connectivity index (χ2n) is 6.57.